The van der Waals surface area contributed by atoms with Gasteiger partial charge in [-0.2, -0.15) is 0 Å². The van der Waals surface area contributed by atoms with Gasteiger partial charge >= 0.3 is 0 Å². The summed E-state index contributed by atoms with van der Waals surface area (Å²) in [6, 6.07) is 20.1. The highest BCUT2D eigenvalue weighted by molar-refractivity contribution is 8.00. The zero-order valence-electron chi connectivity index (χ0n) is 15.1. The lowest BCUT2D eigenvalue weighted by molar-refractivity contribution is 0.584. The normalized spacial score (nSPS) is 18.3. The molecule has 1 saturated carbocycles. The molecule has 3 aromatic carbocycles. The van der Waals surface area contributed by atoms with Crippen LogP contribution in [-0.4, -0.2) is 27.5 Å². The second-order valence-corrected chi connectivity index (χ2v) is 11.5. The van der Waals surface area contributed by atoms with Gasteiger partial charge in [-0.25, -0.2) is 17.4 Å². The van der Waals surface area contributed by atoms with E-state index in [0.717, 1.165) is 10.8 Å². The number of para-hydroxylation sites is 2. The monoisotopic (exact) mass is 462 g/mol. The largest absolute Gasteiger partial charge is 0.270 e. The molecule has 4 aromatic rings. The van der Waals surface area contributed by atoms with Gasteiger partial charge in [0, 0.05) is 11.7 Å². The van der Waals surface area contributed by atoms with Crippen molar-refractivity contribution in [1.82, 2.24) is 8.96 Å². The first-order chi connectivity index (χ1) is 13.9. The lowest BCUT2D eigenvalue weighted by Gasteiger charge is -2.11. The Morgan fingerprint density at radius 2 is 1.72 bits per heavy atom. The quantitative estimate of drug-likeness (QED) is 0.281. The number of aromatic nitrogens is 2. The van der Waals surface area contributed by atoms with Crippen LogP contribution >= 0.6 is 35.0 Å². The highest BCUT2D eigenvalue weighted by Crippen LogP contribution is 2.55. The van der Waals surface area contributed by atoms with E-state index in [2.05, 4.69) is 4.98 Å². The number of alkyl halides is 2. The van der Waals surface area contributed by atoms with Crippen molar-refractivity contribution in [2.75, 3.05) is 5.75 Å². The summed E-state index contributed by atoms with van der Waals surface area (Å²) >= 11 is 13.7. The zero-order chi connectivity index (χ0) is 20.2. The van der Waals surface area contributed by atoms with Gasteiger partial charge < -0.3 is 0 Å². The Bertz CT molecular complexity index is 1350. The van der Waals surface area contributed by atoms with Crippen LogP contribution in [0.4, 0.5) is 0 Å². The standard InChI is InChI=1S/C21H16Cl2N2O2S2/c22-21(23)12-16(21)13-28-20-24-18-7-3-4-8-19(18)25(20)29(26,27)17-10-9-14-5-1-2-6-15(14)11-17/h1-11,16H,12-13H2. The third-order valence-electron chi connectivity index (χ3n) is 5.12. The SMILES string of the molecule is O=S(=O)(c1ccc2ccccc2c1)n1c(SCC2CC2(Cl)Cl)nc2ccccc21. The summed E-state index contributed by atoms with van der Waals surface area (Å²) in [6.45, 7) is 0. The van der Waals surface area contributed by atoms with Gasteiger partial charge in [0.25, 0.3) is 10.0 Å². The number of fused-ring (bicyclic) bond motifs is 2. The van der Waals surface area contributed by atoms with E-state index in [4.69, 9.17) is 23.2 Å². The smallest absolute Gasteiger partial charge is 0.222 e. The zero-order valence-corrected chi connectivity index (χ0v) is 18.3. The third-order valence-corrected chi connectivity index (χ3v) is 8.96. The van der Waals surface area contributed by atoms with Crippen molar-refractivity contribution in [2.24, 2.45) is 5.92 Å². The number of hydrogen-bond acceptors (Lipinski definition) is 4. The molecule has 1 aliphatic carbocycles. The van der Waals surface area contributed by atoms with Gasteiger partial charge in [0.2, 0.25) is 0 Å². The molecule has 0 N–H and O–H groups in total. The van der Waals surface area contributed by atoms with Gasteiger partial charge in [0.1, 0.15) is 4.33 Å². The summed E-state index contributed by atoms with van der Waals surface area (Å²) in [4.78, 5) is 4.81. The molecule has 0 amide bonds. The first-order valence-corrected chi connectivity index (χ1v) is 12.3. The summed E-state index contributed by atoms with van der Waals surface area (Å²) in [5.74, 6) is 0.747. The van der Waals surface area contributed by atoms with Crippen LogP contribution in [0.2, 0.25) is 0 Å². The van der Waals surface area contributed by atoms with Gasteiger partial charge in [0.05, 0.1) is 15.9 Å². The summed E-state index contributed by atoms with van der Waals surface area (Å²) in [5.41, 5.74) is 1.19. The highest BCUT2D eigenvalue weighted by Gasteiger charge is 2.51. The third kappa shape index (κ3) is 3.42. The van der Waals surface area contributed by atoms with Crippen LogP contribution in [-0.2, 0) is 10.0 Å². The summed E-state index contributed by atoms with van der Waals surface area (Å²) in [7, 11) is -3.83. The van der Waals surface area contributed by atoms with Gasteiger partial charge in [-0.3, -0.25) is 0 Å². The summed E-state index contributed by atoms with van der Waals surface area (Å²) < 4.78 is 27.9. The number of benzene rings is 3. The molecular weight excluding hydrogens is 447 g/mol. The van der Waals surface area contributed by atoms with E-state index in [9.17, 15) is 8.42 Å². The fourth-order valence-corrected chi connectivity index (χ4v) is 7.04. The second-order valence-electron chi connectivity index (χ2n) is 7.13. The topological polar surface area (TPSA) is 52.0 Å². The molecule has 1 heterocycles. The predicted octanol–water partition coefficient (Wildman–Crippen LogP) is 5.71. The Morgan fingerprint density at radius 1 is 1.03 bits per heavy atom. The summed E-state index contributed by atoms with van der Waals surface area (Å²) in [6.07, 6.45) is 0.709. The minimum Gasteiger partial charge on any atom is -0.222 e. The summed E-state index contributed by atoms with van der Waals surface area (Å²) in [5, 5.41) is 2.29. The van der Waals surface area contributed by atoms with Gasteiger partial charge in [-0.15, -0.1) is 23.2 Å². The Balaban J connectivity index is 1.62. The number of halogens is 2. The van der Waals surface area contributed by atoms with Crippen molar-refractivity contribution in [3.63, 3.8) is 0 Å². The molecule has 8 heteroatoms. The average Bonchev–Trinajstić information content (AvgIpc) is 3.15. The molecule has 0 radical (unpaired) electrons. The van der Waals surface area contributed by atoms with Crippen molar-refractivity contribution in [3.05, 3.63) is 66.7 Å². The lowest BCUT2D eigenvalue weighted by Crippen LogP contribution is -2.14. The van der Waals surface area contributed by atoms with Crippen molar-refractivity contribution >= 4 is 66.8 Å². The van der Waals surface area contributed by atoms with Gasteiger partial charge in [0.15, 0.2) is 5.16 Å². The Kier molecular flexibility index (Phi) is 4.59. The lowest BCUT2D eigenvalue weighted by atomic mass is 10.1. The molecule has 29 heavy (non-hydrogen) atoms. The van der Waals surface area contributed by atoms with E-state index in [1.54, 1.807) is 18.2 Å². The van der Waals surface area contributed by atoms with Gasteiger partial charge in [-0.1, -0.05) is 54.2 Å². The molecule has 1 aromatic heterocycles. The number of hydrogen-bond donors (Lipinski definition) is 0. The maximum atomic E-state index is 13.6. The first kappa shape index (κ1) is 19.2. The van der Waals surface area contributed by atoms with Crippen molar-refractivity contribution in [2.45, 2.75) is 20.8 Å². The molecule has 4 nitrogen and oxygen atoms in total. The molecule has 0 aliphatic heterocycles. The molecule has 1 fully saturated rings. The van der Waals surface area contributed by atoms with E-state index in [1.807, 2.05) is 48.5 Å². The van der Waals surface area contributed by atoms with E-state index in [1.165, 1.54) is 15.7 Å². The fraction of sp³-hybridized carbons (Fsp3) is 0.190. The van der Waals surface area contributed by atoms with Crippen LogP contribution in [0.3, 0.4) is 0 Å². The van der Waals surface area contributed by atoms with Crippen molar-refractivity contribution < 1.29 is 8.42 Å². The first-order valence-electron chi connectivity index (χ1n) is 9.09. The Morgan fingerprint density at radius 3 is 2.48 bits per heavy atom. The molecule has 0 spiro atoms. The molecule has 1 atom stereocenters. The van der Waals surface area contributed by atoms with Crippen LogP contribution in [0.15, 0.2) is 76.8 Å². The van der Waals surface area contributed by atoms with E-state index >= 15 is 0 Å². The van der Waals surface area contributed by atoms with E-state index in [0.29, 0.717) is 28.4 Å². The molecular formula is C21H16Cl2N2O2S2. The maximum Gasteiger partial charge on any atom is 0.270 e. The molecule has 0 saturated heterocycles. The van der Waals surface area contributed by atoms with Crippen molar-refractivity contribution in [1.29, 1.82) is 0 Å². The number of rotatable bonds is 5. The van der Waals surface area contributed by atoms with E-state index in [-0.39, 0.29) is 10.8 Å². The average molecular weight is 463 g/mol. The van der Waals surface area contributed by atoms with E-state index < -0.39 is 14.4 Å². The van der Waals surface area contributed by atoms with Crippen LogP contribution in [0.25, 0.3) is 21.8 Å². The predicted molar refractivity (Wildman–Crippen MR) is 120 cm³/mol. The number of imidazole rings is 1. The molecule has 1 unspecified atom stereocenters. The van der Waals surface area contributed by atoms with Crippen molar-refractivity contribution in [3.8, 4) is 0 Å². The number of nitrogens with zero attached hydrogens (tertiary/aromatic N) is 2. The van der Waals surface area contributed by atoms with Crippen LogP contribution in [0.1, 0.15) is 6.42 Å². The molecule has 5 rings (SSSR count). The van der Waals surface area contributed by atoms with Crippen LogP contribution < -0.4 is 0 Å². The number of thioether (sulfide) groups is 1. The van der Waals surface area contributed by atoms with Gasteiger partial charge in [-0.05, 0) is 41.5 Å². The minimum atomic E-state index is -3.83. The minimum absolute atomic E-state index is 0.132. The molecule has 148 valence electrons. The Hall–Kier alpha value is -1.73. The molecule has 1 aliphatic rings. The highest BCUT2D eigenvalue weighted by atomic mass is 35.5. The molecule has 0 bridgehead atoms. The van der Waals surface area contributed by atoms with Crippen LogP contribution in [0.5, 0.6) is 0 Å². The second kappa shape index (κ2) is 6.91. The Labute approximate surface area is 182 Å². The maximum absolute atomic E-state index is 13.6. The fourth-order valence-electron chi connectivity index (χ4n) is 3.36. The van der Waals surface area contributed by atoms with Crippen LogP contribution in [0, 0.1) is 5.92 Å².